The minimum atomic E-state index is 0.284. The fraction of sp³-hybridized carbons (Fsp3) is 0.462. The second-order valence-electron chi connectivity index (χ2n) is 3.69. The van der Waals surface area contributed by atoms with Gasteiger partial charge in [-0.2, -0.15) is 0 Å². The molecule has 0 bridgehead atoms. The van der Waals surface area contributed by atoms with Crippen molar-refractivity contribution in [3.05, 3.63) is 24.3 Å². The van der Waals surface area contributed by atoms with E-state index in [9.17, 15) is 4.79 Å². The minimum absolute atomic E-state index is 0.284. The van der Waals surface area contributed by atoms with E-state index in [2.05, 4.69) is 6.07 Å². The van der Waals surface area contributed by atoms with Crippen molar-refractivity contribution in [3.8, 4) is 5.75 Å². The van der Waals surface area contributed by atoms with Crippen LogP contribution in [0, 0.1) is 0 Å². The Bertz CT molecular complexity index is 336. The molecule has 0 amide bonds. The highest BCUT2D eigenvalue weighted by molar-refractivity contribution is 7.99. The first-order valence-electron chi connectivity index (χ1n) is 5.48. The summed E-state index contributed by atoms with van der Waals surface area (Å²) in [7, 11) is 1.68. The largest absolute Gasteiger partial charge is 0.497 e. The van der Waals surface area contributed by atoms with Crippen LogP contribution >= 0.6 is 11.8 Å². The minimum Gasteiger partial charge on any atom is -0.497 e. The van der Waals surface area contributed by atoms with E-state index in [1.807, 2.05) is 30.0 Å². The number of benzene rings is 1. The molecular weight excluding hydrogens is 220 g/mol. The van der Waals surface area contributed by atoms with E-state index in [1.165, 1.54) is 4.90 Å². The van der Waals surface area contributed by atoms with Gasteiger partial charge >= 0.3 is 0 Å². The van der Waals surface area contributed by atoms with Gasteiger partial charge in [-0.15, -0.1) is 11.8 Å². The number of methoxy groups -OCH3 is 1. The highest BCUT2D eigenvalue weighted by Crippen LogP contribution is 2.23. The van der Waals surface area contributed by atoms with E-state index >= 15 is 0 Å². The second-order valence-corrected chi connectivity index (χ2v) is 4.85. The molecule has 2 nitrogen and oxygen atoms in total. The summed E-state index contributed by atoms with van der Waals surface area (Å²) in [5.41, 5.74) is 0. The number of thioether (sulfide) groups is 1. The lowest BCUT2D eigenvalue weighted by Gasteiger charge is -2.03. The van der Waals surface area contributed by atoms with E-state index in [1.54, 1.807) is 14.0 Å². The zero-order valence-electron chi connectivity index (χ0n) is 9.86. The van der Waals surface area contributed by atoms with Gasteiger partial charge in [0.05, 0.1) is 7.11 Å². The standard InChI is InChI=1S/C13H18O2S/c1-11(14)6-3-4-9-16-13-8-5-7-12(10-13)15-2/h5,7-8,10H,3-4,6,9H2,1-2H3. The molecule has 0 N–H and O–H groups in total. The van der Waals surface area contributed by atoms with Crippen molar-refractivity contribution in [1.82, 2.24) is 0 Å². The molecule has 0 heterocycles. The average Bonchev–Trinajstić information content (AvgIpc) is 2.28. The maximum absolute atomic E-state index is 10.7. The topological polar surface area (TPSA) is 26.3 Å². The Morgan fingerprint density at radius 1 is 1.38 bits per heavy atom. The third-order valence-electron chi connectivity index (χ3n) is 2.23. The van der Waals surface area contributed by atoms with Crippen LogP contribution in [0.15, 0.2) is 29.2 Å². The highest BCUT2D eigenvalue weighted by atomic mass is 32.2. The van der Waals surface area contributed by atoms with Crippen molar-refractivity contribution in [2.75, 3.05) is 12.9 Å². The number of Topliss-reactive ketones (excluding diaryl/α,β-unsaturated/α-hetero) is 1. The molecule has 1 aromatic rings. The van der Waals surface area contributed by atoms with Crippen LogP contribution in [0.25, 0.3) is 0 Å². The lowest BCUT2D eigenvalue weighted by molar-refractivity contribution is -0.117. The molecule has 16 heavy (non-hydrogen) atoms. The third-order valence-corrected chi connectivity index (χ3v) is 3.31. The molecule has 1 rings (SSSR count). The van der Waals surface area contributed by atoms with Crippen molar-refractivity contribution in [2.45, 2.75) is 31.1 Å². The summed E-state index contributed by atoms with van der Waals surface area (Å²) in [5.74, 6) is 2.24. The maximum Gasteiger partial charge on any atom is 0.129 e. The first-order chi connectivity index (χ1) is 7.72. The van der Waals surface area contributed by atoms with E-state index in [0.29, 0.717) is 6.42 Å². The van der Waals surface area contributed by atoms with Gasteiger partial charge < -0.3 is 9.53 Å². The lowest BCUT2D eigenvalue weighted by atomic mass is 10.2. The van der Waals surface area contributed by atoms with Gasteiger partial charge in [0.2, 0.25) is 0 Å². The summed E-state index contributed by atoms with van der Waals surface area (Å²) in [4.78, 5) is 12.0. The molecule has 0 spiro atoms. The average molecular weight is 238 g/mol. The van der Waals surface area contributed by atoms with Gasteiger partial charge in [0.25, 0.3) is 0 Å². The first-order valence-corrected chi connectivity index (χ1v) is 6.47. The van der Waals surface area contributed by atoms with Crippen molar-refractivity contribution in [3.63, 3.8) is 0 Å². The molecule has 0 saturated carbocycles. The van der Waals surface area contributed by atoms with Gasteiger partial charge in [-0.25, -0.2) is 0 Å². The van der Waals surface area contributed by atoms with Crippen LogP contribution in [0.3, 0.4) is 0 Å². The molecule has 0 fully saturated rings. The van der Waals surface area contributed by atoms with Crippen LogP contribution in [0.2, 0.25) is 0 Å². The van der Waals surface area contributed by atoms with Gasteiger partial charge in [-0.1, -0.05) is 6.07 Å². The third kappa shape index (κ3) is 5.21. The number of ketones is 1. The smallest absolute Gasteiger partial charge is 0.129 e. The van der Waals surface area contributed by atoms with Gasteiger partial charge in [-0.3, -0.25) is 0 Å². The molecule has 3 heteroatoms. The molecule has 0 radical (unpaired) electrons. The molecule has 0 atom stereocenters. The number of hydrogen-bond acceptors (Lipinski definition) is 3. The fourth-order valence-corrected chi connectivity index (χ4v) is 2.32. The molecule has 1 aromatic carbocycles. The molecule has 0 aromatic heterocycles. The quantitative estimate of drug-likeness (QED) is 0.537. The summed E-state index contributed by atoms with van der Waals surface area (Å²) >= 11 is 1.81. The molecule has 0 unspecified atom stereocenters. The Balaban J connectivity index is 2.23. The summed E-state index contributed by atoms with van der Waals surface area (Å²) in [6, 6.07) is 8.06. The zero-order chi connectivity index (χ0) is 11.8. The number of hydrogen-bond donors (Lipinski definition) is 0. The van der Waals surface area contributed by atoms with Gasteiger partial charge in [0, 0.05) is 11.3 Å². The van der Waals surface area contributed by atoms with Crippen molar-refractivity contribution in [2.24, 2.45) is 0 Å². The number of carbonyl (C=O) groups excluding carboxylic acids is 1. The Kier molecular flexibility index (Phi) is 6.01. The number of ether oxygens (including phenoxy) is 1. The predicted molar refractivity (Wildman–Crippen MR) is 68.3 cm³/mol. The predicted octanol–water partition coefficient (Wildman–Crippen LogP) is 3.55. The molecular formula is C13H18O2S. The van der Waals surface area contributed by atoms with E-state index < -0.39 is 0 Å². The van der Waals surface area contributed by atoms with E-state index in [-0.39, 0.29) is 5.78 Å². The van der Waals surface area contributed by atoms with Crippen molar-refractivity contribution >= 4 is 17.5 Å². The van der Waals surface area contributed by atoms with E-state index in [4.69, 9.17) is 4.74 Å². The van der Waals surface area contributed by atoms with Crippen LogP contribution < -0.4 is 4.74 Å². The van der Waals surface area contributed by atoms with Crippen molar-refractivity contribution in [1.29, 1.82) is 0 Å². The Labute approximate surface area is 101 Å². The summed E-state index contributed by atoms with van der Waals surface area (Å²) < 4.78 is 5.16. The normalized spacial score (nSPS) is 10.1. The Morgan fingerprint density at radius 3 is 2.88 bits per heavy atom. The van der Waals surface area contributed by atoms with Crippen LogP contribution in [-0.4, -0.2) is 18.6 Å². The molecule has 0 aliphatic carbocycles. The molecule has 0 aliphatic rings. The second kappa shape index (κ2) is 7.34. The monoisotopic (exact) mass is 238 g/mol. The number of carbonyl (C=O) groups is 1. The lowest BCUT2D eigenvalue weighted by Crippen LogP contribution is -1.90. The Hall–Kier alpha value is -0.960. The molecule has 0 aliphatic heterocycles. The first kappa shape index (κ1) is 13.1. The van der Waals surface area contributed by atoms with Crippen LogP contribution in [0.4, 0.5) is 0 Å². The summed E-state index contributed by atoms with van der Waals surface area (Å²) in [6.45, 7) is 1.65. The maximum atomic E-state index is 10.7. The zero-order valence-corrected chi connectivity index (χ0v) is 10.7. The SMILES string of the molecule is COc1cccc(SCCCCC(C)=O)c1. The number of rotatable bonds is 7. The fourth-order valence-electron chi connectivity index (χ4n) is 1.36. The van der Waals surface area contributed by atoms with E-state index in [0.717, 1.165) is 24.3 Å². The van der Waals surface area contributed by atoms with Crippen LogP contribution in [-0.2, 0) is 4.79 Å². The van der Waals surface area contributed by atoms with Crippen molar-refractivity contribution < 1.29 is 9.53 Å². The molecule has 88 valence electrons. The van der Waals surface area contributed by atoms with Gasteiger partial charge in [0.1, 0.15) is 11.5 Å². The molecule has 0 saturated heterocycles. The number of unbranched alkanes of at least 4 members (excludes halogenated alkanes) is 1. The summed E-state index contributed by atoms with van der Waals surface area (Å²) in [6.07, 6.45) is 2.78. The van der Waals surface area contributed by atoms with Crippen LogP contribution in [0.5, 0.6) is 5.75 Å². The Morgan fingerprint density at radius 2 is 2.19 bits per heavy atom. The van der Waals surface area contributed by atoms with Gasteiger partial charge in [-0.05, 0) is 43.7 Å². The van der Waals surface area contributed by atoms with Gasteiger partial charge in [0.15, 0.2) is 0 Å². The highest BCUT2D eigenvalue weighted by Gasteiger charge is 1.98. The van der Waals surface area contributed by atoms with Crippen LogP contribution in [0.1, 0.15) is 26.2 Å². The summed E-state index contributed by atoms with van der Waals surface area (Å²) in [5, 5.41) is 0.